The lowest BCUT2D eigenvalue weighted by Crippen LogP contribution is -2.58. The van der Waals surface area contributed by atoms with Gasteiger partial charge in [0.2, 0.25) is 5.78 Å². The Bertz CT molecular complexity index is 801. The molecule has 0 bridgehead atoms. The molecule has 0 saturated carbocycles. The Labute approximate surface area is 143 Å². The summed E-state index contributed by atoms with van der Waals surface area (Å²) in [7, 11) is 0. The second-order valence-corrected chi connectivity index (χ2v) is 6.86. The number of ketones is 2. The molecule has 2 saturated heterocycles. The van der Waals surface area contributed by atoms with Crippen molar-refractivity contribution in [3.05, 3.63) is 29.3 Å². The first-order valence-corrected chi connectivity index (χ1v) is 8.36. The van der Waals surface area contributed by atoms with Crippen molar-refractivity contribution in [1.82, 2.24) is 0 Å². The summed E-state index contributed by atoms with van der Waals surface area (Å²) in [6.45, 7) is 1.91. The fourth-order valence-corrected chi connectivity index (χ4v) is 4.37. The summed E-state index contributed by atoms with van der Waals surface area (Å²) in [6.07, 6.45) is -0.490. The number of Topliss-reactive ketones (excluding diaryl/α,β-unsaturated/α-hetero) is 2. The highest BCUT2D eigenvalue weighted by Crippen LogP contribution is 2.64. The third-order valence-electron chi connectivity index (χ3n) is 5.39. The van der Waals surface area contributed by atoms with Crippen LogP contribution in [-0.4, -0.2) is 51.2 Å². The van der Waals surface area contributed by atoms with Crippen LogP contribution in [-0.2, 0) is 14.3 Å². The van der Waals surface area contributed by atoms with Crippen molar-refractivity contribution in [2.75, 3.05) is 0 Å². The van der Waals surface area contributed by atoms with E-state index in [9.17, 15) is 19.5 Å². The molecular weight excluding hydrogens is 328 g/mol. The van der Waals surface area contributed by atoms with Gasteiger partial charge in [-0.15, -0.1) is 0 Å². The third-order valence-corrected chi connectivity index (χ3v) is 5.39. The number of aromatic hydroxyl groups is 1. The number of phenols is 1. The van der Waals surface area contributed by atoms with Crippen LogP contribution >= 0.6 is 0 Å². The van der Waals surface area contributed by atoms with Gasteiger partial charge >= 0.3 is 5.97 Å². The molecule has 0 aromatic heterocycles. The molecule has 2 unspecified atom stereocenters. The molecule has 25 heavy (non-hydrogen) atoms. The molecule has 7 nitrogen and oxygen atoms in total. The fraction of sp³-hybridized carbons (Fsp3) is 0.500. The number of phenolic OH excluding ortho intramolecular Hbond substituents is 1. The molecule has 132 valence electrons. The zero-order chi connectivity index (χ0) is 18.0. The minimum Gasteiger partial charge on any atom is -0.507 e. The summed E-state index contributed by atoms with van der Waals surface area (Å²) >= 11 is 0. The Hall–Kier alpha value is -2.25. The number of rotatable bonds is 4. The Kier molecular flexibility index (Phi) is 3.33. The largest absolute Gasteiger partial charge is 0.507 e. The normalized spacial score (nSPS) is 35.6. The number of hydrogen-bond acceptors (Lipinski definition) is 6. The van der Waals surface area contributed by atoms with E-state index in [0.29, 0.717) is 12.8 Å². The first-order valence-electron chi connectivity index (χ1n) is 8.36. The van der Waals surface area contributed by atoms with E-state index in [0.717, 1.165) is 0 Å². The van der Waals surface area contributed by atoms with Crippen LogP contribution in [0.1, 0.15) is 53.3 Å². The van der Waals surface area contributed by atoms with E-state index >= 15 is 0 Å². The summed E-state index contributed by atoms with van der Waals surface area (Å²) < 4.78 is 11.7. The van der Waals surface area contributed by atoms with Gasteiger partial charge < -0.3 is 19.7 Å². The van der Waals surface area contributed by atoms with Crippen LogP contribution in [0.15, 0.2) is 18.2 Å². The Morgan fingerprint density at radius 1 is 1.32 bits per heavy atom. The maximum atomic E-state index is 13.2. The summed E-state index contributed by atoms with van der Waals surface area (Å²) in [5.41, 5.74) is -2.71. The van der Waals surface area contributed by atoms with Gasteiger partial charge in [-0.3, -0.25) is 14.4 Å². The molecule has 4 atom stereocenters. The van der Waals surface area contributed by atoms with Crippen LogP contribution in [0, 0.1) is 0 Å². The fourth-order valence-electron chi connectivity index (χ4n) is 4.37. The van der Waals surface area contributed by atoms with Gasteiger partial charge in [0.05, 0.1) is 24.2 Å². The molecular formula is C18H18O7. The van der Waals surface area contributed by atoms with Gasteiger partial charge in [0.1, 0.15) is 5.75 Å². The van der Waals surface area contributed by atoms with E-state index in [1.807, 2.05) is 6.92 Å². The molecule has 4 rings (SSSR count). The zero-order valence-corrected chi connectivity index (χ0v) is 13.7. The van der Waals surface area contributed by atoms with E-state index in [-0.39, 0.29) is 35.5 Å². The highest BCUT2D eigenvalue weighted by molar-refractivity contribution is 6.26. The molecule has 0 radical (unpaired) electrons. The van der Waals surface area contributed by atoms with E-state index in [4.69, 9.17) is 14.6 Å². The second kappa shape index (κ2) is 5.12. The van der Waals surface area contributed by atoms with Crippen LogP contribution in [0.25, 0.3) is 0 Å². The van der Waals surface area contributed by atoms with Gasteiger partial charge in [-0.1, -0.05) is 25.5 Å². The zero-order valence-electron chi connectivity index (χ0n) is 13.7. The summed E-state index contributed by atoms with van der Waals surface area (Å²) in [6, 6.07) is 4.36. The maximum Gasteiger partial charge on any atom is 0.305 e. The highest BCUT2D eigenvalue weighted by atomic mass is 16.7. The number of carboxylic acids is 1. The number of carboxylic acid groups (broad SMARTS) is 1. The van der Waals surface area contributed by atoms with Crippen molar-refractivity contribution in [2.24, 2.45) is 0 Å². The molecule has 1 aliphatic carbocycles. The minimum absolute atomic E-state index is 0.0259. The molecule has 2 aliphatic heterocycles. The van der Waals surface area contributed by atoms with E-state index in [2.05, 4.69) is 0 Å². The average Bonchev–Trinajstić information content (AvgIpc) is 3.25. The number of hydrogen-bond donors (Lipinski definition) is 2. The van der Waals surface area contributed by atoms with Crippen LogP contribution in [0.4, 0.5) is 0 Å². The lowest BCUT2D eigenvalue weighted by molar-refractivity contribution is -0.143. The molecule has 3 aliphatic rings. The lowest BCUT2D eigenvalue weighted by Gasteiger charge is -2.38. The highest BCUT2D eigenvalue weighted by Gasteiger charge is 2.85. The van der Waals surface area contributed by atoms with Gasteiger partial charge in [0.25, 0.3) is 0 Å². The van der Waals surface area contributed by atoms with Crippen molar-refractivity contribution in [2.45, 2.75) is 56.0 Å². The smallest absolute Gasteiger partial charge is 0.305 e. The van der Waals surface area contributed by atoms with Crippen LogP contribution in [0.3, 0.4) is 0 Å². The van der Waals surface area contributed by atoms with Crippen molar-refractivity contribution >= 4 is 17.5 Å². The van der Waals surface area contributed by atoms with Gasteiger partial charge in [0.15, 0.2) is 17.0 Å². The van der Waals surface area contributed by atoms with Gasteiger partial charge in [-0.2, -0.15) is 0 Å². The van der Waals surface area contributed by atoms with Crippen LogP contribution in [0.5, 0.6) is 5.75 Å². The lowest BCUT2D eigenvalue weighted by atomic mass is 9.67. The van der Waals surface area contributed by atoms with Crippen molar-refractivity contribution in [1.29, 1.82) is 0 Å². The first-order chi connectivity index (χ1) is 11.9. The second-order valence-electron chi connectivity index (χ2n) is 6.86. The number of aliphatic carboxylic acids is 1. The summed E-state index contributed by atoms with van der Waals surface area (Å²) in [4.78, 5) is 37.3. The van der Waals surface area contributed by atoms with E-state index in [1.165, 1.54) is 18.2 Å². The van der Waals surface area contributed by atoms with Gasteiger partial charge in [0, 0.05) is 12.0 Å². The third kappa shape index (κ3) is 1.90. The Morgan fingerprint density at radius 2 is 2.08 bits per heavy atom. The van der Waals surface area contributed by atoms with Crippen LogP contribution < -0.4 is 0 Å². The average molecular weight is 346 g/mol. The monoisotopic (exact) mass is 346 g/mol. The standard InChI is InChI=1S/C18H18O7/c1-2-4-12-18-16(23)14-10(5-3-6-11(14)19)15(22)17(18,25-18)8-9(24-12)7-13(20)21/h3,5-6,9,12,19H,2,4,7-8H2,1H3,(H,20,21)/t9-,12-,17?,18?/m1/s1. The van der Waals surface area contributed by atoms with Gasteiger partial charge in [-0.25, -0.2) is 0 Å². The molecule has 0 spiro atoms. The number of benzene rings is 1. The van der Waals surface area contributed by atoms with Crippen molar-refractivity contribution < 1.29 is 34.1 Å². The molecule has 1 aromatic rings. The first kappa shape index (κ1) is 16.2. The van der Waals surface area contributed by atoms with E-state index in [1.54, 1.807) is 0 Å². The molecule has 0 amide bonds. The van der Waals surface area contributed by atoms with Gasteiger partial charge in [-0.05, 0) is 12.5 Å². The number of ether oxygens (including phenoxy) is 2. The topological polar surface area (TPSA) is 113 Å². The van der Waals surface area contributed by atoms with Crippen LogP contribution in [0.2, 0.25) is 0 Å². The van der Waals surface area contributed by atoms with Crippen molar-refractivity contribution in [3.8, 4) is 5.75 Å². The number of epoxide rings is 1. The quantitative estimate of drug-likeness (QED) is 0.798. The summed E-state index contributed by atoms with van der Waals surface area (Å²) in [5.74, 6) is -2.11. The number of fused-ring (bicyclic) bond motifs is 1. The Morgan fingerprint density at radius 3 is 2.76 bits per heavy atom. The van der Waals surface area contributed by atoms with E-state index < -0.39 is 35.2 Å². The number of carbonyl (C=O) groups excluding carboxylic acids is 2. The molecule has 1 aromatic carbocycles. The number of carbonyl (C=O) groups is 3. The maximum absolute atomic E-state index is 13.2. The molecule has 2 fully saturated rings. The molecule has 2 heterocycles. The molecule has 7 heteroatoms. The Balaban J connectivity index is 1.84. The van der Waals surface area contributed by atoms with Crippen molar-refractivity contribution in [3.63, 3.8) is 0 Å². The minimum atomic E-state index is -1.44. The SMILES string of the molecule is CCC[C@H]1O[C@H](CC(=O)O)CC23OC12C(=O)c1c(O)cccc1C3=O. The summed E-state index contributed by atoms with van der Waals surface area (Å²) in [5, 5.41) is 19.2. The predicted molar refractivity (Wildman–Crippen MR) is 83.8 cm³/mol. The predicted octanol–water partition coefficient (Wildman–Crippen LogP) is 1.71. The molecule has 2 N–H and O–H groups in total.